The lowest BCUT2D eigenvalue weighted by molar-refractivity contribution is 0.876. The molecular weight excluding hydrogens is 1070 g/mol. The van der Waals surface area contributed by atoms with Gasteiger partial charge in [0.1, 0.15) is 0 Å². The fourth-order valence-electron chi connectivity index (χ4n) is 12.6. The fraction of sp³-hybridized carbons (Fsp3) is 0.103. The number of halogens is 4. The van der Waals surface area contributed by atoms with E-state index in [0.29, 0.717) is 0 Å². The van der Waals surface area contributed by atoms with Gasteiger partial charge in [-0.25, -0.2) is 0 Å². The molecule has 0 bridgehead atoms. The van der Waals surface area contributed by atoms with Gasteiger partial charge in [-0.3, -0.25) is 0 Å². The van der Waals surface area contributed by atoms with E-state index in [4.69, 9.17) is 0 Å². The van der Waals surface area contributed by atoms with E-state index in [0.717, 1.165) is 29.3 Å². The Labute approximate surface area is 419 Å². The number of benzene rings is 10. The van der Waals surface area contributed by atoms with Crippen LogP contribution >= 0.6 is 63.7 Å². The van der Waals surface area contributed by atoms with Crippen LogP contribution in [0.3, 0.4) is 0 Å². The minimum absolute atomic E-state index is 0.0362. The average Bonchev–Trinajstić information content (AvgIpc) is 3.30. The molecule has 4 aliphatic heterocycles. The molecule has 0 saturated carbocycles. The monoisotopic (exact) mass is 1100 g/mol. The molecule has 0 N–H and O–H groups in total. The van der Waals surface area contributed by atoms with Crippen LogP contribution in [0.25, 0.3) is 54.6 Å². The SMILES string of the molecule is CC(C)c1cc2c3c(cc4c(C(C)C)cc5c6c(cc1c3c46)B1c3ccc(Br)cc3N(c3ccccc3)c3cc(Br)cc-5c31)B1c3ccc(Br)cc3N(c3ccccc3)c3cc(Br)cc-2c31. The lowest BCUT2D eigenvalue weighted by Gasteiger charge is -2.42. The summed E-state index contributed by atoms with van der Waals surface area (Å²) < 4.78 is 4.31. The zero-order valence-electron chi connectivity index (χ0n) is 36.6. The van der Waals surface area contributed by atoms with Gasteiger partial charge in [0, 0.05) is 52.0 Å². The van der Waals surface area contributed by atoms with Crippen LogP contribution in [0.1, 0.15) is 50.7 Å². The van der Waals surface area contributed by atoms with Crippen molar-refractivity contribution < 1.29 is 0 Å². The summed E-state index contributed by atoms with van der Waals surface area (Å²) in [5.41, 5.74) is 23.5. The van der Waals surface area contributed by atoms with E-state index in [1.807, 2.05) is 0 Å². The summed E-state index contributed by atoms with van der Waals surface area (Å²) in [5, 5.41) is 8.39. The molecular formula is C58H38B2Br4N2. The number of nitrogens with zero attached hydrogens (tertiary/aromatic N) is 2. The molecule has 314 valence electrons. The molecule has 0 unspecified atom stereocenters. The van der Waals surface area contributed by atoms with Gasteiger partial charge in [-0.05, 0) is 184 Å². The van der Waals surface area contributed by atoms with Gasteiger partial charge in [-0.15, -0.1) is 0 Å². The zero-order valence-corrected chi connectivity index (χ0v) is 42.9. The highest BCUT2D eigenvalue weighted by Gasteiger charge is 2.46. The number of anilines is 6. The topological polar surface area (TPSA) is 6.48 Å². The van der Waals surface area contributed by atoms with Crippen LogP contribution in [0.2, 0.25) is 0 Å². The molecule has 10 aromatic rings. The third kappa shape index (κ3) is 5.30. The average molecular weight is 1100 g/mol. The van der Waals surface area contributed by atoms with Crippen molar-refractivity contribution >= 4 is 176 Å². The Morgan fingerprint density at radius 3 is 1.15 bits per heavy atom. The second kappa shape index (κ2) is 14.2. The highest BCUT2D eigenvalue weighted by molar-refractivity contribution is 9.11. The minimum atomic E-state index is 0.0362. The van der Waals surface area contributed by atoms with E-state index < -0.39 is 0 Å². The fourth-order valence-corrected chi connectivity index (χ4v) is 14.2. The molecule has 2 nitrogen and oxygen atoms in total. The number of fused-ring (bicyclic) bond motifs is 8. The standard InChI is InChI=1S/C58H38B2Br4N2/c1-29(2)37-25-39-43-19-33(63)23-51-57(43)60(46-18-16-32(62)22-50(46)65(51)35-11-7-5-8-12-35)48-28-42-38(30(3)4)26-40-44-20-34(64)24-52-58(44)59(47-27-41(37)55(53(39)48)56(42)54(40)47)45-17-15-31(61)21-49(45)66(52)36-13-9-6-10-14-36/h5-30H,1-4H3. The predicted molar refractivity (Wildman–Crippen MR) is 299 cm³/mol. The molecule has 10 aromatic carbocycles. The van der Waals surface area contributed by atoms with Gasteiger partial charge < -0.3 is 9.80 Å². The Morgan fingerprint density at radius 2 is 0.758 bits per heavy atom. The van der Waals surface area contributed by atoms with Crippen molar-refractivity contribution in [1.82, 2.24) is 0 Å². The second-order valence-electron chi connectivity index (χ2n) is 19.2. The number of hydrogen-bond donors (Lipinski definition) is 0. The maximum absolute atomic E-state index is 4.08. The van der Waals surface area contributed by atoms with Crippen molar-refractivity contribution in [2.75, 3.05) is 9.80 Å². The first-order valence-corrected chi connectivity index (χ1v) is 26.1. The molecule has 4 aliphatic rings. The maximum atomic E-state index is 4.08. The predicted octanol–water partition coefficient (Wildman–Crippen LogP) is 14.4. The molecule has 0 aliphatic carbocycles. The Hall–Kier alpha value is -5.11. The quantitative estimate of drug-likeness (QED) is 0.128. The summed E-state index contributed by atoms with van der Waals surface area (Å²) in [7, 11) is 0. The molecule has 8 heteroatoms. The van der Waals surface area contributed by atoms with Crippen LogP contribution < -0.4 is 42.6 Å². The summed E-state index contributed by atoms with van der Waals surface area (Å²) in [6, 6.07) is 55.6. The van der Waals surface area contributed by atoms with Crippen molar-refractivity contribution in [3.63, 3.8) is 0 Å². The molecule has 66 heavy (non-hydrogen) atoms. The van der Waals surface area contributed by atoms with Crippen LogP contribution in [0.4, 0.5) is 34.1 Å². The minimum Gasteiger partial charge on any atom is -0.311 e. The Balaban J connectivity index is 1.17. The van der Waals surface area contributed by atoms with Gasteiger partial charge in [-0.2, -0.15) is 0 Å². The van der Waals surface area contributed by atoms with Crippen LogP contribution in [-0.2, 0) is 0 Å². The largest absolute Gasteiger partial charge is 0.311 e. The summed E-state index contributed by atoms with van der Waals surface area (Å²) >= 11 is 16.0. The summed E-state index contributed by atoms with van der Waals surface area (Å²) in [6.07, 6.45) is 0. The van der Waals surface area contributed by atoms with Crippen molar-refractivity contribution in [2.45, 2.75) is 39.5 Å². The van der Waals surface area contributed by atoms with E-state index in [1.54, 1.807) is 0 Å². The van der Waals surface area contributed by atoms with Crippen LogP contribution in [0.5, 0.6) is 0 Å². The third-order valence-electron chi connectivity index (χ3n) is 15.1. The van der Waals surface area contributed by atoms with Crippen LogP contribution in [0, 0.1) is 0 Å². The number of rotatable bonds is 4. The first-order valence-electron chi connectivity index (χ1n) is 22.9. The summed E-state index contributed by atoms with van der Waals surface area (Å²) in [4.78, 5) is 4.97. The van der Waals surface area contributed by atoms with E-state index in [1.165, 1.54) is 121 Å². The van der Waals surface area contributed by atoms with Crippen LogP contribution in [-0.4, -0.2) is 13.4 Å². The van der Waals surface area contributed by atoms with Gasteiger partial charge >= 0.3 is 0 Å². The third-order valence-corrected chi connectivity index (χ3v) is 17.0. The first-order chi connectivity index (χ1) is 32.0. The molecule has 0 aromatic heterocycles. The van der Waals surface area contributed by atoms with Crippen molar-refractivity contribution in [2.24, 2.45) is 0 Å². The molecule has 0 spiro atoms. The normalized spacial score (nSPS) is 13.9. The van der Waals surface area contributed by atoms with E-state index in [2.05, 4.69) is 247 Å². The Bertz CT molecular complexity index is 3550. The smallest absolute Gasteiger partial charge is 0.248 e. The molecule has 0 saturated heterocycles. The van der Waals surface area contributed by atoms with Crippen molar-refractivity contribution in [3.8, 4) is 22.3 Å². The first kappa shape index (κ1) is 40.0. The molecule has 0 fully saturated rings. The lowest BCUT2D eigenvalue weighted by atomic mass is 9.31. The van der Waals surface area contributed by atoms with Gasteiger partial charge in [0.25, 0.3) is 0 Å². The second-order valence-corrected chi connectivity index (χ2v) is 22.9. The molecule has 0 atom stereocenters. The molecule has 0 radical (unpaired) electrons. The van der Waals surface area contributed by atoms with Crippen LogP contribution in [0.15, 0.2) is 163 Å². The highest BCUT2D eigenvalue weighted by Crippen LogP contribution is 2.52. The van der Waals surface area contributed by atoms with Gasteiger partial charge in [0.05, 0.1) is 0 Å². The maximum Gasteiger partial charge on any atom is 0.248 e. The van der Waals surface area contributed by atoms with Gasteiger partial charge in [0.2, 0.25) is 13.4 Å². The summed E-state index contributed by atoms with van der Waals surface area (Å²) in [5.74, 6) is 0.575. The molecule has 14 rings (SSSR count). The lowest BCUT2D eigenvalue weighted by Crippen LogP contribution is -2.60. The summed E-state index contributed by atoms with van der Waals surface area (Å²) in [6.45, 7) is 9.63. The van der Waals surface area contributed by atoms with Gasteiger partial charge in [-0.1, -0.05) is 163 Å². The van der Waals surface area contributed by atoms with E-state index in [-0.39, 0.29) is 25.3 Å². The van der Waals surface area contributed by atoms with E-state index >= 15 is 0 Å². The Morgan fingerprint density at radius 1 is 0.364 bits per heavy atom. The molecule has 4 heterocycles. The zero-order chi connectivity index (χ0) is 44.6. The van der Waals surface area contributed by atoms with Crippen molar-refractivity contribution in [3.05, 3.63) is 175 Å². The number of hydrogen-bond acceptors (Lipinski definition) is 2. The van der Waals surface area contributed by atoms with Crippen molar-refractivity contribution in [1.29, 1.82) is 0 Å². The highest BCUT2D eigenvalue weighted by atomic mass is 79.9. The Kier molecular flexibility index (Phi) is 8.61. The number of para-hydroxylation sites is 2. The molecule has 0 amide bonds. The van der Waals surface area contributed by atoms with Gasteiger partial charge in [0.15, 0.2) is 0 Å². The van der Waals surface area contributed by atoms with E-state index in [9.17, 15) is 0 Å².